The van der Waals surface area contributed by atoms with Crippen LogP contribution < -0.4 is 5.32 Å². The molecule has 1 aromatic heterocycles. The van der Waals surface area contributed by atoms with Crippen LogP contribution in [-0.2, 0) is 6.42 Å². The van der Waals surface area contributed by atoms with Gasteiger partial charge in [-0.2, -0.15) is 0 Å². The van der Waals surface area contributed by atoms with Gasteiger partial charge in [0.05, 0.1) is 6.10 Å². The fourth-order valence-electron chi connectivity index (χ4n) is 2.38. The van der Waals surface area contributed by atoms with Gasteiger partial charge in [0.1, 0.15) is 11.6 Å². The molecule has 6 heteroatoms. The van der Waals surface area contributed by atoms with Gasteiger partial charge in [-0.05, 0) is 23.3 Å². The summed E-state index contributed by atoms with van der Waals surface area (Å²) in [5.74, 6) is -0.242. The molecule has 0 saturated heterocycles. The number of amides is 1. The van der Waals surface area contributed by atoms with E-state index in [1.165, 1.54) is 24.3 Å². The summed E-state index contributed by atoms with van der Waals surface area (Å²) in [6.07, 6.45) is -0.389. The molecule has 2 N–H and O–H groups in total. The van der Waals surface area contributed by atoms with E-state index in [0.717, 1.165) is 5.56 Å². The van der Waals surface area contributed by atoms with Crippen LogP contribution in [0.15, 0.2) is 65.2 Å². The average molecular weight is 340 g/mol. The van der Waals surface area contributed by atoms with E-state index in [4.69, 9.17) is 4.52 Å². The van der Waals surface area contributed by atoms with Crippen molar-refractivity contribution in [1.82, 2.24) is 10.5 Å². The number of rotatable bonds is 6. The number of aliphatic hydroxyl groups excluding tert-OH is 1. The van der Waals surface area contributed by atoms with Crippen LogP contribution in [0, 0.1) is 5.82 Å². The molecule has 3 rings (SSSR count). The van der Waals surface area contributed by atoms with E-state index < -0.39 is 12.0 Å². The van der Waals surface area contributed by atoms with Crippen LogP contribution >= 0.6 is 0 Å². The van der Waals surface area contributed by atoms with Crippen molar-refractivity contribution in [2.24, 2.45) is 0 Å². The van der Waals surface area contributed by atoms with Crippen molar-refractivity contribution >= 4 is 5.91 Å². The summed E-state index contributed by atoms with van der Waals surface area (Å²) in [7, 11) is 0. The zero-order valence-corrected chi connectivity index (χ0v) is 13.4. The lowest BCUT2D eigenvalue weighted by molar-refractivity contribution is 0.0907. The van der Waals surface area contributed by atoms with Gasteiger partial charge in [0.15, 0.2) is 5.69 Å². The Kier molecular flexibility index (Phi) is 5.20. The van der Waals surface area contributed by atoms with Crippen LogP contribution in [0.3, 0.4) is 0 Å². The number of hydrogen-bond acceptors (Lipinski definition) is 4. The second-order valence-electron chi connectivity index (χ2n) is 5.62. The second-order valence-corrected chi connectivity index (χ2v) is 5.62. The van der Waals surface area contributed by atoms with Gasteiger partial charge < -0.3 is 14.9 Å². The first-order chi connectivity index (χ1) is 12.1. The van der Waals surface area contributed by atoms with Crippen molar-refractivity contribution in [3.8, 4) is 0 Å². The molecule has 0 radical (unpaired) electrons. The minimum absolute atomic E-state index is 0.00859. The van der Waals surface area contributed by atoms with Crippen molar-refractivity contribution < 1.29 is 18.8 Å². The summed E-state index contributed by atoms with van der Waals surface area (Å²) in [6.45, 7) is -0.00859. The summed E-state index contributed by atoms with van der Waals surface area (Å²) >= 11 is 0. The first-order valence-corrected chi connectivity index (χ1v) is 7.83. The molecule has 0 bridgehead atoms. The van der Waals surface area contributed by atoms with Gasteiger partial charge in [0, 0.05) is 19.0 Å². The Morgan fingerprint density at radius 3 is 2.60 bits per heavy atom. The lowest BCUT2D eigenvalue weighted by Gasteiger charge is -2.11. The number of nitrogens with zero attached hydrogens (tertiary/aromatic N) is 1. The molecule has 1 heterocycles. The number of nitrogens with one attached hydrogen (secondary N) is 1. The standard InChI is InChI=1S/C19H17FN2O3/c20-15-8-6-14(7-9-15)18(23)12-21-19(24)17-11-16(25-22-17)10-13-4-2-1-3-5-13/h1-9,11,18,23H,10,12H2,(H,21,24). The molecule has 1 amide bonds. The molecule has 0 aliphatic rings. The van der Waals surface area contributed by atoms with Gasteiger partial charge >= 0.3 is 0 Å². The van der Waals surface area contributed by atoms with Crippen molar-refractivity contribution in [2.45, 2.75) is 12.5 Å². The highest BCUT2D eigenvalue weighted by atomic mass is 19.1. The average Bonchev–Trinajstić information content (AvgIpc) is 3.09. The number of aliphatic hydroxyl groups is 1. The predicted octanol–water partition coefficient (Wildman–Crippen LogP) is 2.87. The number of carbonyl (C=O) groups is 1. The van der Waals surface area contributed by atoms with Crippen LogP contribution in [-0.4, -0.2) is 22.7 Å². The summed E-state index contributed by atoms with van der Waals surface area (Å²) in [5.41, 5.74) is 1.72. The Balaban J connectivity index is 1.55. The number of halogens is 1. The third kappa shape index (κ3) is 4.51. The van der Waals surface area contributed by atoms with Gasteiger partial charge in [-0.15, -0.1) is 0 Å². The summed E-state index contributed by atoms with van der Waals surface area (Å²) in [5, 5.41) is 16.4. The molecule has 128 valence electrons. The Hall–Kier alpha value is -2.99. The van der Waals surface area contributed by atoms with Crippen molar-refractivity contribution in [1.29, 1.82) is 0 Å². The van der Waals surface area contributed by atoms with E-state index in [2.05, 4.69) is 10.5 Å². The number of aromatic nitrogens is 1. The highest BCUT2D eigenvalue weighted by Gasteiger charge is 2.15. The van der Waals surface area contributed by atoms with Crippen LogP contribution in [0.4, 0.5) is 4.39 Å². The normalized spacial score (nSPS) is 11.9. The van der Waals surface area contributed by atoms with E-state index in [1.807, 2.05) is 30.3 Å². The molecule has 5 nitrogen and oxygen atoms in total. The molecule has 0 aliphatic carbocycles. The molecule has 25 heavy (non-hydrogen) atoms. The zero-order chi connectivity index (χ0) is 17.6. The van der Waals surface area contributed by atoms with E-state index in [-0.39, 0.29) is 18.1 Å². The Morgan fingerprint density at radius 2 is 1.88 bits per heavy atom. The second kappa shape index (κ2) is 7.72. The van der Waals surface area contributed by atoms with E-state index in [0.29, 0.717) is 17.7 Å². The largest absolute Gasteiger partial charge is 0.387 e. The number of hydrogen-bond donors (Lipinski definition) is 2. The first-order valence-electron chi connectivity index (χ1n) is 7.83. The van der Waals surface area contributed by atoms with Gasteiger partial charge in [0.25, 0.3) is 5.91 Å². The molecule has 2 aromatic carbocycles. The van der Waals surface area contributed by atoms with Crippen LogP contribution in [0.25, 0.3) is 0 Å². The Labute approximate surface area is 144 Å². The molecule has 1 unspecified atom stereocenters. The van der Waals surface area contributed by atoms with Crippen LogP contribution in [0.1, 0.15) is 33.5 Å². The lowest BCUT2D eigenvalue weighted by Crippen LogP contribution is -2.28. The monoisotopic (exact) mass is 340 g/mol. The third-order valence-corrected chi connectivity index (χ3v) is 3.72. The van der Waals surface area contributed by atoms with Gasteiger partial charge in [0.2, 0.25) is 0 Å². The fourth-order valence-corrected chi connectivity index (χ4v) is 2.38. The lowest BCUT2D eigenvalue weighted by atomic mass is 10.1. The van der Waals surface area contributed by atoms with Crippen LogP contribution in [0.5, 0.6) is 0 Å². The summed E-state index contributed by atoms with van der Waals surface area (Å²) < 4.78 is 18.1. The molecule has 1 atom stereocenters. The third-order valence-electron chi connectivity index (χ3n) is 3.72. The summed E-state index contributed by atoms with van der Waals surface area (Å²) in [4.78, 5) is 12.1. The number of benzene rings is 2. The highest BCUT2D eigenvalue weighted by Crippen LogP contribution is 2.13. The van der Waals surface area contributed by atoms with E-state index in [1.54, 1.807) is 6.07 Å². The maximum absolute atomic E-state index is 12.9. The molecule has 0 spiro atoms. The van der Waals surface area contributed by atoms with Gasteiger partial charge in [-0.3, -0.25) is 4.79 Å². The van der Waals surface area contributed by atoms with Crippen molar-refractivity contribution in [2.75, 3.05) is 6.54 Å². The zero-order valence-electron chi connectivity index (χ0n) is 13.4. The minimum atomic E-state index is -0.930. The molecular weight excluding hydrogens is 323 g/mol. The summed E-state index contributed by atoms with van der Waals surface area (Å²) in [6, 6.07) is 16.7. The highest BCUT2D eigenvalue weighted by molar-refractivity contribution is 5.92. The quantitative estimate of drug-likeness (QED) is 0.723. The van der Waals surface area contributed by atoms with Crippen molar-refractivity contribution in [3.63, 3.8) is 0 Å². The predicted molar refractivity (Wildman–Crippen MR) is 89.4 cm³/mol. The van der Waals surface area contributed by atoms with E-state index >= 15 is 0 Å². The topological polar surface area (TPSA) is 75.4 Å². The molecule has 0 saturated carbocycles. The molecular formula is C19H17FN2O3. The van der Waals surface area contributed by atoms with Crippen LogP contribution in [0.2, 0.25) is 0 Å². The maximum atomic E-state index is 12.9. The smallest absolute Gasteiger partial charge is 0.273 e. The Bertz CT molecular complexity index is 831. The van der Waals surface area contributed by atoms with Gasteiger partial charge in [-0.1, -0.05) is 47.6 Å². The Morgan fingerprint density at radius 1 is 1.16 bits per heavy atom. The molecule has 3 aromatic rings. The fraction of sp³-hybridized carbons (Fsp3) is 0.158. The molecule has 0 aliphatic heterocycles. The SMILES string of the molecule is O=C(NCC(O)c1ccc(F)cc1)c1cc(Cc2ccccc2)on1. The maximum Gasteiger partial charge on any atom is 0.273 e. The minimum Gasteiger partial charge on any atom is -0.387 e. The van der Waals surface area contributed by atoms with Gasteiger partial charge in [-0.25, -0.2) is 4.39 Å². The van der Waals surface area contributed by atoms with Crippen molar-refractivity contribution in [3.05, 3.63) is 89.1 Å². The first kappa shape index (κ1) is 16.9. The van der Waals surface area contributed by atoms with E-state index in [9.17, 15) is 14.3 Å². The molecule has 0 fully saturated rings. The number of carbonyl (C=O) groups excluding carboxylic acids is 1.